The molecule has 17 heavy (non-hydrogen) atoms. The van der Waals surface area contributed by atoms with Gasteiger partial charge in [-0.3, -0.25) is 0 Å². The van der Waals surface area contributed by atoms with E-state index in [1.807, 2.05) is 0 Å². The van der Waals surface area contributed by atoms with Gasteiger partial charge in [0.15, 0.2) is 0 Å². The summed E-state index contributed by atoms with van der Waals surface area (Å²) in [5, 5.41) is 2.55. The largest absolute Gasteiger partial charge is 0.326 e. The third-order valence-electron chi connectivity index (χ3n) is 2.00. The van der Waals surface area contributed by atoms with Crippen LogP contribution in [0.4, 0.5) is 0 Å². The Hall–Kier alpha value is -0.800. The third kappa shape index (κ3) is 3.11. The van der Waals surface area contributed by atoms with Crippen molar-refractivity contribution in [2.75, 3.05) is 0 Å². The number of hydrogen-bond donors (Lipinski definition) is 2. The van der Waals surface area contributed by atoms with Crippen LogP contribution in [0.15, 0.2) is 27.9 Å². The van der Waals surface area contributed by atoms with Gasteiger partial charge in [-0.25, -0.2) is 18.1 Å². The number of thiazole rings is 1. The molecule has 0 saturated heterocycles. The van der Waals surface area contributed by atoms with Crippen LogP contribution < -0.4 is 10.5 Å². The van der Waals surface area contributed by atoms with Crippen LogP contribution >= 0.6 is 22.7 Å². The molecule has 0 unspecified atom stereocenters. The van der Waals surface area contributed by atoms with E-state index in [1.165, 1.54) is 22.7 Å². The van der Waals surface area contributed by atoms with Crippen LogP contribution in [-0.2, 0) is 23.1 Å². The minimum absolute atomic E-state index is 0.218. The highest BCUT2D eigenvalue weighted by Gasteiger charge is 2.16. The summed E-state index contributed by atoms with van der Waals surface area (Å²) >= 11 is 2.60. The zero-order valence-corrected chi connectivity index (χ0v) is 11.2. The average Bonchev–Trinajstić information content (AvgIpc) is 2.98. The lowest BCUT2D eigenvalue weighted by atomic mass is 10.5. The molecule has 2 rings (SSSR count). The third-order valence-corrected chi connectivity index (χ3v) is 5.78. The number of nitrogens with one attached hydrogen (secondary N) is 1. The van der Waals surface area contributed by atoms with E-state index in [9.17, 15) is 8.42 Å². The van der Waals surface area contributed by atoms with E-state index in [0.717, 1.165) is 9.88 Å². The fourth-order valence-electron chi connectivity index (χ4n) is 1.18. The predicted molar refractivity (Wildman–Crippen MR) is 68.3 cm³/mol. The summed E-state index contributed by atoms with van der Waals surface area (Å²) in [6, 6.07) is 3.29. The highest BCUT2D eigenvalue weighted by Crippen LogP contribution is 2.21. The number of sulfonamides is 1. The molecule has 0 amide bonds. The topological polar surface area (TPSA) is 85.1 Å². The van der Waals surface area contributed by atoms with Gasteiger partial charge < -0.3 is 5.73 Å². The Morgan fingerprint density at radius 1 is 1.41 bits per heavy atom. The van der Waals surface area contributed by atoms with Crippen LogP contribution in [0, 0.1) is 0 Å². The van der Waals surface area contributed by atoms with E-state index in [4.69, 9.17) is 5.73 Å². The van der Waals surface area contributed by atoms with E-state index in [0.29, 0.717) is 6.54 Å². The van der Waals surface area contributed by atoms with Gasteiger partial charge in [-0.05, 0) is 12.1 Å². The first-order valence-corrected chi connectivity index (χ1v) is 7.96. The molecule has 0 atom stereocenters. The molecular formula is C9H11N3O2S3. The number of thiophene rings is 1. The molecule has 2 aromatic heterocycles. The minimum Gasteiger partial charge on any atom is -0.326 e. The zero-order chi connectivity index (χ0) is 12.3. The van der Waals surface area contributed by atoms with Gasteiger partial charge in [0, 0.05) is 23.0 Å². The highest BCUT2D eigenvalue weighted by molar-refractivity contribution is 7.91. The van der Waals surface area contributed by atoms with Crippen LogP contribution in [0.2, 0.25) is 0 Å². The number of nitrogens with two attached hydrogens (primary N) is 1. The van der Waals surface area contributed by atoms with Crippen LogP contribution in [-0.4, -0.2) is 13.4 Å². The van der Waals surface area contributed by atoms with Crippen molar-refractivity contribution in [3.05, 3.63) is 33.6 Å². The molecule has 5 nitrogen and oxygen atoms in total. The standard InChI is InChI=1S/C9H11N3O2S3/c10-5-7-1-2-9(16-7)17(13,14)12-6-8-11-3-4-15-8/h1-4,12H,5-6,10H2. The highest BCUT2D eigenvalue weighted by atomic mass is 32.2. The summed E-state index contributed by atoms with van der Waals surface area (Å²) < 4.78 is 26.6. The Balaban J connectivity index is 2.08. The lowest BCUT2D eigenvalue weighted by Gasteiger charge is -2.01. The fraction of sp³-hybridized carbons (Fsp3) is 0.222. The maximum atomic E-state index is 11.9. The van der Waals surface area contributed by atoms with Crippen molar-refractivity contribution in [1.82, 2.24) is 9.71 Å². The smallest absolute Gasteiger partial charge is 0.250 e. The average molecular weight is 289 g/mol. The van der Waals surface area contributed by atoms with Gasteiger partial charge in [-0.15, -0.1) is 22.7 Å². The number of aromatic nitrogens is 1. The van der Waals surface area contributed by atoms with Gasteiger partial charge in [0.05, 0.1) is 6.54 Å². The molecule has 2 heterocycles. The van der Waals surface area contributed by atoms with Crippen molar-refractivity contribution >= 4 is 32.7 Å². The SMILES string of the molecule is NCc1ccc(S(=O)(=O)NCc2nccs2)s1. The van der Waals surface area contributed by atoms with Gasteiger partial charge in [0.2, 0.25) is 10.0 Å². The van der Waals surface area contributed by atoms with Crippen molar-refractivity contribution in [3.63, 3.8) is 0 Å². The lowest BCUT2D eigenvalue weighted by Crippen LogP contribution is -2.22. The Morgan fingerprint density at radius 3 is 2.82 bits per heavy atom. The molecule has 0 spiro atoms. The maximum Gasteiger partial charge on any atom is 0.250 e. The molecule has 2 aromatic rings. The van der Waals surface area contributed by atoms with Crippen LogP contribution in [0.5, 0.6) is 0 Å². The van der Waals surface area contributed by atoms with E-state index < -0.39 is 10.0 Å². The minimum atomic E-state index is -3.45. The van der Waals surface area contributed by atoms with Gasteiger partial charge in [0.1, 0.15) is 9.22 Å². The first kappa shape index (κ1) is 12.7. The number of hydrogen-bond acceptors (Lipinski definition) is 6. The van der Waals surface area contributed by atoms with Gasteiger partial charge in [0.25, 0.3) is 0 Å². The second-order valence-electron chi connectivity index (χ2n) is 3.18. The number of rotatable bonds is 5. The van der Waals surface area contributed by atoms with Gasteiger partial charge in [-0.1, -0.05) is 0 Å². The molecule has 0 aliphatic rings. The van der Waals surface area contributed by atoms with E-state index >= 15 is 0 Å². The summed E-state index contributed by atoms with van der Waals surface area (Å²) in [6.07, 6.45) is 1.64. The molecule has 92 valence electrons. The quantitative estimate of drug-likeness (QED) is 0.864. The van der Waals surface area contributed by atoms with Crippen molar-refractivity contribution in [3.8, 4) is 0 Å². The van der Waals surface area contributed by atoms with Gasteiger partial charge in [-0.2, -0.15) is 0 Å². The second-order valence-corrected chi connectivity index (χ2v) is 7.32. The van der Waals surface area contributed by atoms with Crippen molar-refractivity contribution in [1.29, 1.82) is 0 Å². The molecule has 3 N–H and O–H groups in total. The van der Waals surface area contributed by atoms with E-state index in [1.54, 1.807) is 23.7 Å². The Bertz CT molecular complexity index is 574. The Labute approximate surface area is 107 Å². The molecular weight excluding hydrogens is 278 g/mol. The van der Waals surface area contributed by atoms with Crippen LogP contribution in [0.1, 0.15) is 9.88 Å². The van der Waals surface area contributed by atoms with Gasteiger partial charge >= 0.3 is 0 Å². The molecule has 0 aromatic carbocycles. The summed E-state index contributed by atoms with van der Waals surface area (Å²) in [6.45, 7) is 0.572. The number of nitrogens with zero attached hydrogens (tertiary/aromatic N) is 1. The summed E-state index contributed by atoms with van der Waals surface area (Å²) in [4.78, 5) is 4.86. The second kappa shape index (κ2) is 5.23. The summed E-state index contributed by atoms with van der Waals surface area (Å²) in [5.41, 5.74) is 5.44. The lowest BCUT2D eigenvalue weighted by molar-refractivity contribution is 0.583. The molecule has 0 radical (unpaired) electrons. The van der Waals surface area contributed by atoms with E-state index in [-0.39, 0.29) is 10.8 Å². The molecule has 8 heteroatoms. The Morgan fingerprint density at radius 2 is 2.24 bits per heavy atom. The summed E-state index contributed by atoms with van der Waals surface area (Å²) in [5.74, 6) is 0. The normalized spacial score (nSPS) is 11.8. The molecule has 0 bridgehead atoms. The molecule has 0 fully saturated rings. The Kier molecular flexibility index (Phi) is 3.89. The molecule has 0 saturated carbocycles. The van der Waals surface area contributed by atoms with Crippen molar-refractivity contribution in [2.24, 2.45) is 5.73 Å². The zero-order valence-electron chi connectivity index (χ0n) is 8.79. The maximum absolute atomic E-state index is 11.9. The first-order valence-electron chi connectivity index (χ1n) is 4.78. The predicted octanol–water partition coefficient (Wildman–Crippen LogP) is 1.14. The fourth-order valence-corrected chi connectivity index (χ4v) is 4.09. The van der Waals surface area contributed by atoms with Crippen LogP contribution in [0.25, 0.3) is 0 Å². The molecule has 0 aliphatic heterocycles. The molecule has 0 aliphatic carbocycles. The van der Waals surface area contributed by atoms with Crippen molar-refractivity contribution in [2.45, 2.75) is 17.3 Å². The first-order chi connectivity index (χ1) is 8.12. The van der Waals surface area contributed by atoms with Crippen LogP contribution in [0.3, 0.4) is 0 Å². The van der Waals surface area contributed by atoms with Crippen molar-refractivity contribution < 1.29 is 8.42 Å². The van der Waals surface area contributed by atoms with E-state index in [2.05, 4.69) is 9.71 Å². The summed E-state index contributed by atoms with van der Waals surface area (Å²) in [7, 11) is -3.45. The monoisotopic (exact) mass is 289 g/mol.